The molecule has 0 bridgehead atoms. The van der Waals surface area contributed by atoms with Gasteiger partial charge in [0.1, 0.15) is 0 Å². The van der Waals surface area contributed by atoms with Gasteiger partial charge in [-0.3, -0.25) is 0 Å². The van der Waals surface area contributed by atoms with E-state index >= 15 is 0 Å². The molecular formula is C30H34O8. The smallest absolute Gasteiger partial charge is 0.343 e. The van der Waals surface area contributed by atoms with Crippen molar-refractivity contribution in [1.29, 1.82) is 0 Å². The minimum Gasteiger partial charge on any atom is -0.493 e. The Morgan fingerprint density at radius 3 is 1.61 bits per heavy atom. The van der Waals surface area contributed by atoms with Crippen LogP contribution < -0.4 is 28.4 Å². The zero-order valence-electron chi connectivity index (χ0n) is 22.4. The summed E-state index contributed by atoms with van der Waals surface area (Å²) < 4.78 is 38.4. The van der Waals surface area contributed by atoms with Gasteiger partial charge in [-0.2, -0.15) is 0 Å². The normalized spacial score (nSPS) is 16.6. The van der Waals surface area contributed by atoms with Crippen molar-refractivity contribution in [3.05, 3.63) is 71.3 Å². The van der Waals surface area contributed by atoms with Crippen LogP contribution in [0.5, 0.6) is 34.5 Å². The number of esters is 1. The first-order valence-corrected chi connectivity index (χ1v) is 12.4. The van der Waals surface area contributed by atoms with Crippen LogP contribution in [0.3, 0.4) is 0 Å². The molecule has 4 rings (SSSR count). The number of carbonyl (C=O) groups is 1. The Morgan fingerprint density at radius 2 is 1.08 bits per heavy atom. The minimum atomic E-state index is -0.517. The zero-order chi connectivity index (χ0) is 27.1. The molecule has 1 saturated heterocycles. The fourth-order valence-corrected chi connectivity index (χ4v) is 4.75. The molecule has 0 N–H and O–H groups in total. The van der Waals surface area contributed by atoms with Gasteiger partial charge in [0, 0.05) is 0 Å². The molecule has 2 atom stereocenters. The number of benzene rings is 3. The lowest BCUT2D eigenvalue weighted by atomic mass is 9.85. The second-order valence-electron chi connectivity index (χ2n) is 9.10. The first-order valence-electron chi connectivity index (χ1n) is 12.4. The minimum absolute atomic E-state index is 0.341. The zero-order valence-corrected chi connectivity index (χ0v) is 22.4. The van der Waals surface area contributed by atoms with Gasteiger partial charge in [-0.05, 0) is 78.3 Å². The van der Waals surface area contributed by atoms with E-state index in [9.17, 15) is 4.79 Å². The Kier molecular flexibility index (Phi) is 8.97. The number of rotatable bonds is 11. The maximum atomic E-state index is 12.8. The van der Waals surface area contributed by atoms with Crippen molar-refractivity contribution < 1.29 is 38.0 Å². The summed E-state index contributed by atoms with van der Waals surface area (Å²) >= 11 is 0. The fourth-order valence-electron chi connectivity index (χ4n) is 4.75. The number of hydrogen-bond donors (Lipinski definition) is 0. The van der Waals surface area contributed by atoms with Crippen LogP contribution in [0, 0.1) is 11.8 Å². The van der Waals surface area contributed by atoms with Crippen molar-refractivity contribution in [3.63, 3.8) is 0 Å². The Morgan fingerprint density at radius 1 is 0.632 bits per heavy atom. The van der Waals surface area contributed by atoms with E-state index < -0.39 is 5.97 Å². The molecule has 0 amide bonds. The SMILES string of the molecule is COc1ccc(C[C@H]2COC[C@@H]2Cc2ccc(OC(=O)c3ccc(OC)c(OC)c3)c(OC)c2)cc1OC. The molecule has 8 nitrogen and oxygen atoms in total. The average Bonchev–Trinajstić information content (AvgIpc) is 3.39. The molecule has 0 spiro atoms. The van der Waals surface area contributed by atoms with Crippen LogP contribution in [0.15, 0.2) is 54.6 Å². The summed E-state index contributed by atoms with van der Waals surface area (Å²) in [6.07, 6.45) is 1.70. The Balaban J connectivity index is 1.44. The van der Waals surface area contributed by atoms with Crippen molar-refractivity contribution in [3.8, 4) is 34.5 Å². The number of carbonyl (C=O) groups excluding carboxylic acids is 1. The topological polar surface area (TPSA) is 81.7 Å². The monoisotopic (exact) mass is 522 g/mol. The largest absolute Gasteiger partial charge is 0.493 e. The summed E-state index contributed by atoms with van der Waals surface area (Å²) in [5.41, 5.74) is 2.61. The van der Waals surface area contributed by atoms with E-state index in [0.29, 0.717) is 53.6 Å². The van der Waals surface area contributed by atoms with Crippen molar-refractivity contribution in [1.82, 2.24) is 0 Å². The standard InChI is InChI=1S/C30H34O8/c1-32-24-9-6-19(14-27(24)34-3)12-22-17-37-18-23(22)13-20-7-10-26(28(15-20)35-4)38-30(31)21-8-11-25(33-2)29(16-21)36-5/h6-11,14-16,22-23H,12-13,17-18H2,1-5H3/t22-,23-/m0/s1. The highest BCUT2D eigenvalue weighted by atomic mass is 16.6. The molecule has 0 saturated carbocycles. The lowest BCUT2D eigenvalue weighted by molar-refractivity contribution is 0.0729. The van der Waals surface area contributed by atoms with E-state index in [-0.39, 0.29) is 0 Å². The number of methoxy groups -OCH3 is 5. The van der Waals surface area contributed by atoms with Crippen LogP contribution in [0.25, 0.3) is 0 Å². The Hall–Kier alpha value is -3.91. The summed E-state index contributed by atoms with van der Waals surface area (Å²) in [4.78, 5) is 12.8. The van der Waals surface area contributed by atoms with Gasteiger partial charge >= 0.3 is 5.97 Å². The van der Waals surface area contributed by atoms with Gasteiger partial charge in [-0.15, -0.1) is 0 Å². The van der Waals surface area contributed by atoms with Gasteiger partial charge in [-0.1, -0.05) is 12.1 Å². The molecule has 1 aliphatic rings. The summed E-state index contributed by atoms with van der Waals surface area (Å²) in [6.45, 7) is 1.40. The summed E-state index contributed by atoms with van der Waals surface area (Å²) in [7, 11) is 7.90. The van der Waals surface area contributed by atoms with E-state index in [0.717, 1.165) is 29.9 Å². The van der Waals surface area contributed by atoms with Crippen LogP contribution in [0.1, 0.15) is 21.5 Å². The van der Waals surface area contributed by atoms with Gasteiger partial charge in [0.25, 0.3) is 0 Å². The van der Waals surface area contributed by atoms with Crippen LogP contribution in [0.2, 0.25) is 0 Å². The Labute approximate surface area is 223 Å². The molecule has 0 radical (unpaired) electrons. The summed E-state index contributed by atoms with van der Waals surface area (Å²) in [6, 6.07) is 16.6. The predicted octanol–water partition coefficient (Wildman–Crippen LogP) is 5.00. The average molecular weight is 523 g/mol. The highest BCUT2D eigenvalue weighted by Crippen LogP contribution is 2.35. The quantitative estimate of drug-likeness (QED) is 0.257. The third kappa shape index (κ3) is 6.14. The molecule has 3 aromatic rings. The molecule has 1 aliphatic heterocycles. The molecule has 202 valence electrons. The molecule has 8 heteroatoms. The first-order chi connectivity index (χ1) is 18.5. The molecule has 0 unspecified atom stereocenters. The van der Waals surface area contributed by atoms with E-state index in [1.165, 1.54) is 12.7 Å². The number of ether oxygens (including phenoxy) is 7. The van der Waals surface area contributed by atoms with Gasteiger partial charge in [-0.25, -0.2) is 4.79 Å². The highest BCUT2D eigenvalue weighted by molar-refractivity contribution is 5.92. The third-order valence-electron chi connectivity index (χ3n) is 6.82. The van der Waals surface area contributed by atoms with Crippen LogP contribution in [-0.2, 0) is 17.6 Å². The van der Waals surface area contributed by atoms with Crippen LogP contribution in [0.4, 0.5) is 0 Å². The van der Waals surface area contributed by atoms with E-state index in [2.05, 4.69) is 6.07 Å². The maximum Gasteiger partial charge on any atom is 0.343 e. The molecule has 0 aromatic heterocycles. The van der Waals surface area contributed by atoms with E-state index in [4.69, 9.17) is 33.2 Å². The fraction of sp³-hybridized carbons (Fsp3) is 0.367. The summed E-state index contributed by atoms with van der Waals surface area (Å²) in [5.74, 6) is 3.45. The van der Waals surface area contributed by atoms with E-state index in [1.54, 1.807) is 52.7 Å². The first kappa shape index (κ1) is 27.1. The maximum absolute atomic E-state index is 12.8. The second-order valence-corrected chi connectivity index (χ2v) is 9.10. The molecule has 1 fully saturated rings. The molecule has 1 heterocycles. The van der Waals surface area contributed by atoms with E-state index in [1.807, 2.05) is 24.3 Å². The van der Waals surface area contributed by atoms with Crippen molar-refractivity contribution in [2.24, 2.45) is 11.8 Å². The molecule has 3 aromatic carbocycles. The van der Waals surface area contributed by atoms with Crippen LogP contribution >= 0.6 is 0 Å². The van der Waals surface area contributed by atoms with Crippen molar-refractivity contribution in [2.75, 3.05) is 48.8 Å². The lowest BCUT2D eigenvalue weighted by Gasteiger charge is -2.19. The number of hydrogen-bond acceptors (Lipinski definition) is 8. The third-order valence-corrected chi connectivity index (χ3v) is 6.82. The summed E-state index contributed by atoms with van der Waals surface area (Å²) in [5, 5.41) is 0. The van der Waals surface area contributed by atoms with Crippen molar-refractivity contribution in [2.45, 2.75) is 12.8 Å². The van der Waals surface area contributed by atoms with Gasteiger partial charge in [0.05, 0.1) is 54.3 Å². The second kappa shape index (κ2) is 12.6. The molecular weight excluding hydrogens is 488 g/mol. The predicted molar refractivity (Wildman–Crippen MR) is 142 cm³/mol. The van der Waals surface area contributed by atoms with Crippen molar-refractivity contribution >= 4 is 5.97 Å². The lowest BCUT2D eigenvalue weighted by Crippen LogP contribution is -2.18. The van der Waals surface area contributed by atoms with Gasteiger partial charge in [0.2, 0.25) is 0 Å². The van der Waals surface area contributed by atoms with Gasteiger partial charge < -0.3 is 33.2 Å². The van der Waals surface area contributed by atoms with Gasteiger partial charge in [0.15, 0.2) is 34.5 Å². The molecule has 0 aliphatic carbocycles. The van der Waals surface area contributed by atoms with Crippen LogP contribution in [-0.4, -0.2) is 54.7 Å². The highest BCUT2D eigenvalue weighted by Gasteiger charge is 2.29. The molecule has 38 heavy (non-hydrogen) atoms. The Bertz CT molecular complexity index is 1250.